The summed E-state index contributed by atoms with van der Waals surface area (Å²) in [5.41, 5.74) is 0. The Kier molecular flexibility index (Phi) is 10.1. The van der Waals surface area contributed by atoms with E-state index >= 15 is 0 Å². The smallest absolute Gasteiger partial charge is 0.0169 e. The lowest BCUT2D eigenvalue weighted by molar-refractivity contribution is 1.28. The van der Waals surface area contributed by atoms with E-state index in [0.29, 0.717) is 0 Å². The first-order valence-electron chi connectivity index (χ1n) is 4.77. The molecule has 0 aliphatic heterocycles. The highest BCUT2D eigenvalue weighted by molar-refractivity contribution is 4.99. The van der Waals surface area contributed by atoms with Crippen LogP contribution >= 0.6 is 0 Å². The summed E-state index contributed by atoms with van der Waals surface area (Å²) < 4.78 is 0. The monoisotopic (exact) mass is 175 g/mol. The minimum absolute atomic E-state index is 0.992. The second kappa shape index (κ2) is 11.0. The number of hydrogen-bond donors (Lipinski definition) is 0. The molecular weight excluding hydrogens is 156 g/mol. The Bertz CT molecular complexity index is 170. The molecule has 0 spiro atoms. The fourth-order valence-electron chi connectivity index (χ4n) is 0.853. The third-order valence-corrected chi connectivity index (χ3v) is 1.55. The normalized spacial score (nSPS) is 13.1. The van der Waals surface area contributed by atoms with Crippen molar-refractivity contribution in [1.29, 1.82) is 0 Å². The van der Waals surface area contributed by atoms with Gasteiger partial charge in [-0.25, -0.2) is 0 Å². The molecule has 0 heterocycles. The molecule has 0 heteroatoms. The Morgan fingerprint density at radius 1 is 0.769 bits per heavy atom. The third-order valence-electron chi connectivity index (χ3n) is 1.55. The lowest BCUT2D eigenvalue weighted by Crippen LogP contribution is -1.61. The zero-order valence-corrected chi connectivity index (χ0v) is 8.45. The number of rotatable bonds is 6. The molecule has 1 radical (unpaired) electrons. The topological polar surface area (TPSA) is 0 Å². The van der Waals surface area contributed by atoms with E-state index in [2.05, 4.69) is 43.4 Å². The number of hydrogen-bond acceptors (Lipinski definition) is 0. The van der Waals surface area contributed by atoms with Crippen molar-refractivity contribution in [3.8, 4) is 0 Å². The van der Waals surface area contributed by atoms with E-state index in [1.165, 1.54) is 0 Å². The maximum absolute atomic E-state index is 3.62. The predicted octanol–water partition coefficient (Wildman–Crippen LogP) is 4.24. The molecule has 0 aromatic carbocycles. The van der Waals surface area contributed by atoms with Gasteiger partial charge in [-0.1, -0.05) is 48.6 Å². The first-order chi connectivity index (χ1) is 6.41. The summed E-state index contributed by atoms with van der Waals surface area (Å²) in [6.45, 7) is 5.66. The van der Waals surface area contributed by atoms with Crippen molar-refractivity contribution in [2.24, 2.45) is 0 Å². The van der Waals surface area contributed by atoms with Crippen LogP contribution in [0.4, 0.5) is 0 Å². The molecule has 0 saturated carbocycles. The quantitative estimate of drug-likeness (QED) is 0.530. The van der Waals surface area contributed by atoms with Gasteiger partial charge in [0.2, 0.25) is 0 Å². The van der Waals surface area contributed by atoms with E-state index in [1.54, 1.807) is 0 Å². The molecule has 0 aromatic heterocycles. The lowest BCUT2D eigenvalue weighted by Gasteiger charge is -1.82. The summed E-state index contributed by atoms with van der Waals surface area (Å²) in [7, 11) is 0. The van der Waals surface area contributed by atoms with Gasteiger partial charge < -0.3 is 0 Å². The van der Waals surface area contributed by atoms with E-state index in [4.69, 9.17) is 0 Å². The first-order valence-corrected chi connectivity index (χ1v) is 4.77. The first kappa shape index (κ1) is 12.0. The molecule has 0 amide bonds. The molecule has 71 valence electrons. The summed E-state index contributed by atoms with van der Waals surface area (Å²) in [5.74, 6) is 0. The van der Waals surface area contributed by atoms with Gasteiger partial charge in [-0.2, -0.15) is 0 Å². The van der Waals surface area contributed by atoms with Crippen LogP contribution in [0.15, 0.2) is 48.6 Å². The molecule has 13 heavy (non-hydrogen) atoms. The Morgan fingerprint density at radius 3 is 1.69 bits per heavy atom. The van der Waals surface area contributed by atoms with Crippen molar-refractivity contribution in [3.63, 3.8) is 0 Å². The highest BCUT2D eigenvalue weighted by Crippen LogP contribution is 1.92. The van der Waals surface area contributed by atoms with E-state index in [1.807, 2.05) is 19.1 Å². The van der Waals surface area contributed by atoms with Crippen molar-refractivity contribution < 1.29 is 0 Å². The van der Waals surface area contributed by atoms with Gasteiger partial charge in [-0.05, 0) is 33.1 Å². The molecule has 0 atom stereocenters. The summed E-state index contributed by atoms with van der Waals surface area (Å²) in [4.78, 5) is 0. The van der Waals surface area contributed by atoms with Crippen LogP contribution in [0.5, 0.6) is 0 Å². The average molecular weight is 175 g/mol. The fourth-order valence-corrected chi connectivity index (χ4v) is 0.853. The van der Waals surface area contributed by atoms with Gasteiger partial charge in [-0.15, -0.1) is 0 Å². The Balaban J connectivity index is 3.32. The van der Waals surface area contributed by atoms with E-state index in [0.717, 1.165) is 19.3 Å². The highest BCUT2D eigenvalue weighted by atomic mass is 13.8. The van der Waals surface area contributed by atoms with Crippen LogP contribution in [0.1, 0.15) is 26.2 Å². The second-order valence-corrected chi connectivity index (χ2v) is 2.69. The second-order valence-electron chi connectivity index (χ2n) is 2.69. The van der Waals surface area contributed by atoms with Gasteiger partial charge >= 0.3 is 0 Å². The molecule has 0 aliphatic carbocycles. The average Bonchev–Trinajstić information content (AvgIpc) is 2.16. The molecule has 0 fully saturated rings. The minimum Gasteiger partial charge on any atom is -0.0914 e. The van der Waals surface area contributed by atoms with Crippen LogP contribution in [0.3, 0.4) is 0 Å². The zero-order chi connectivity index (χ0) is 9.78. The van der Waals surface area contributed by atoms with E-state index < -0.39 is 0 Å². The molecule has 0 aromatic rings. The van der Waals surface area contributed by atoms with Crippen molar-refractivity contribution in [3.05, 3.63) is 55.5 Å². The number of allylic oxidation sites excluding steroid dienone is 8. The fraction of sp³-hybridized carbons (Fsp3) is 0.308. The van der Waals surface area contributed by atoms with E-state index in [-0.39, 0.29) is 0 Å². The van der Waals surface area contributed by atoms with Gasteiger partial charge in [0, 0.05) is 0 Å². The van der Waals surface area contributed by atoms with Crippen LogP contribution in [0.25, 0.3) is 0 Å². The predicted molar refractivity (Wildman–Crippen MR) is 61.4 cm³/mol. The SMILES string of the molecule is [CH2]C=CCC=CCC=CCC=CC. The van der Waals surface area contributed by atoms with Gasteiger partial charge in [0.05, 0.1) is 0 Å². The van der Waals surface area contributed by atoms with Gasteiger partial charge in [0.1, 0.15) is 0 Å². The summed E-state index contributed by atoms with van der Waals surface area (Å²) in [5, 5.41) is 0. The van der Waals surface area contributed by atoms with Crippen LogP contribution in [-0.2, 0) is 0 Å². The van der Waals surface area contributed by atoms with Crippen molar-refractivity contribution in [2.75, 3.05) is 0 Å². The molecule has 0 unspecified atom stereocenters. The molecule has 0 aliphatic rings. The Hall–Kier alpha value is -1.04. The Labute approximate surface area is 82.4 Å². The maximum atomic E-state index is 3.62. The maximum Gasteiger partial charge on any atom is -0.0169 e. The van der Waals surface area contributed by atoms with Crippen molar-refractivity contribution in [1.82, 2.24) is 0 Å². The van der Waals surface area contributed by atoms with Crippen molar-refractivity contribution in [2.45, 2.75) is 26.2 Å². The largest absolute Gasteiger partial charge is 0.0914 e. The highest BCUT2D eigenvalue weighted by Gasteiger charge is 1.71. The molecule has 0 nitrogen and oxygen atoms in total. The van der Waals surface area contributed by atoms with Crippen LogP contribution < -0.4 is 0 Å². The Morgan fingerprint density at radius 2 is 1.23 bits per heavy atom. The lowest BCUT2D eigenvalue weighted by atomic mass is 10.2. The van der Waals surface area contributed by atoms with Gasteiger partial charge in [-0.3, -0.25) is 0 Å². The standard InChI is InChI=1S/C13H19/c1-3-5-7-9-11-13-12-10-8-6-4-2/h3-6,9-12H,1,7-8,13H2,2H3. The van der Waals surface area contributed by atoms with Gasteiger partial charge in [0.15, 0.2) is 0 Å². The minimum atomic E-state index is 0.992. The molecule has 0 N–H and O–H groups in total. The van der Waals surface area contributed by atoms with Crippen LogP contribution in [-0.4, -0.2) is 0 Å². The van der Waals surface area contributed by atoms with E-state index in [9.17, 15) is 0 Å². The summed E-state index contributed by atoms with van der Waals surface area (Å²) in [6, 6.07) is 0. The van der Waals surface area contributed by atoms with Crippen LogP contribution in [0, 0.1) is 6.92 Å². The van der Waals surface area contributed by atoms with Crippen LogP contribution in [0.2, 0.25) is 0 Å². The zero-order valence-electron chi connectivity index (χ0n) is 8.45. The molecule has 0 saturated heterocycles. The van der Waals surface area contributed by atoms with Gasteiger partial charge in [0.25, 0.3) is 0 Å². The third kappa shape index (κ3) is 11.0. The molecule has 0 bridgehead atoms. The van der Waals surface area contributed by atoms with Crippen molar-refractivity contribution >= 4 is 0 Å². The molecular formula is C13H19. The molecule has 0 rings (SSSR count). The summed E-state index contributed by atoms with van der Waals surface area (Å²) in [6.07, 6.45) is 19.8. The summed E-state index contributed by atoms with van der Waals surface area (Å²) >= 11 is 0.